The summed E-state index contributed by atoms with van der Waals surface area (Å²) in [4.78, 5) is 51.2. The molecule has 37 heavy (non-hydrogen) atoms. The first-order valence-electron chi connectivity index (χ1n) is 11.7. The molecule has 194 valence electrons. The van der Waals surface area contributed by atoms with Crippen molar-refractivity contribution in [3.8, 4) is 0 Å². The molecule has 0 aliphatic heterocycles. The van der Waals surface area contributed by atoms with E-state index in [0.717, 1.165) is 12.8 Å². The lowest BCUT2D eigenvalue weighted by molar-refractivity contribution is -0.139. The number of esters is 1. The first-order valence-corrected chi connectivity index (χ1v) is 12.1. The van der Waals surface area contributed by atoms with E-state index < -0.39 is 17.7 Å². The molecule has 1 aliphatic rings. The van der Waals surface area contributed by atoms with Gasteiger partial charge in [0, 0.05) is 30.5 Å². The lowest BCUT2D eigenvalue weighted by atomic mass is 10.1. The minimum Gasteiger partial charge on any atom is -0.469 e. The number of ketones is 1. The van der Waals surface area contributed by atoms with Crippen molar-refractivity contribution in [3.05, 3.63) is 64.1 Å². The van der Waals surface area contributed by atoms with Crippen LogP contribution in [0.3, 0.4) is 0 Å². The zero-order valence-electron chi connectivity index (χ0n) is 20.4. The zero-order chi connectivity index (χ0) is 26.7. The number of carbonyl (C=O) groups is 4. The molecule has 1 heterocycles. The van der Waals surface area contributed by atoms with Gasteiger partial charge in [0.15, 0.2) is 5.78 Å². The second kappa shape index (κ2) is 11.1. The van der Waals surface area contributed by atoms with Crippen molar-refractivity contribution in [2.75, 3.05) is 13.7 Å². The van der Waals surface area contributed by atoms with Gasteiger partial charge in [0.2, 0.25) is 11.8 Å². The number of ether oxygens (including phenoxy) is 1. The minimum atomic E-state index is -0.596. The highest BCUT2D eigenvalue weighted by atomic mass is 35.5. The third-order valence-electron chi connectivity index (χ3n) is 6.14. The molecule has 1 aromatic heterocycles. The molecule has 0 radical (unpaired) electrons. The average Bonchev–Trinajstić information content (AvgIpc) is 3.65. The van der Waals surface area contributed by atoms with Crippen molar-refractivity contribution in [2.45, 2.75) is 45.3 Å². The fourth-order valence-electron chi connectivity index (χ4n) is 4.07. The van der Waals surface area contributed by atoms with Crippen LogP contribution in [-0.4, -0.2) is 57.9 Å². The molecule has 2 amide bonds. The molecule has 0 bridgehead atoms. The Kier molecular flexibility index (Phi) is 7.87. The van der Waals surface area contributed by atoms with E-state index in [4.69, 9.17) is 16.3 Å². The smallest absolute Gasteiger partial charge is 0.309 e. The molecule has 9 nitrogen and oxygen atoms in total. The van der Waals surface area contributed by atoms with Gasteiger partial charge >= 0.3 is 5.97 Å². The highest BCUT2D eigenvalue weighted by Crippen LogP contribution is 2.28. The maximum Gasteiger partial charge on any atom is 0.309 e. The predicted molar refractivity (Wildman–Crippen MR) is 133 cm³/mol. The summed E-state index contributed by atoms with van der Waals surface area (Å²) < 4.78 is 20.3. The number of halogens is 2. The van der Waals surface area contributed by atoms with Crippen molar-refractivity contribution in [1.29, 1.82) is 0 Å². The highest BCUT2D eigenvalue weighted by molar-refractivity contribution is 6.30. The normalized spacial score (nSPS) is 12.9. The number of rotatable bonds is 10. The van der Waals surface area contributed by atoms with Gasteiger partial charge in [0.1, 0.15) is 18.1 Å². The van der Waals surface area contributed by atoms with E-state index in [-0.39, 0.29) is 60.1 Å². The Labute approximate surface area is 217 Å². The Morgan fingerprint density at radius 2 is 1.97 bits per heavy atom. The van der Waals surface area contributed by atoms with Crippen LogP contribution >= 0.6 is 11.6 Å². The fraction of sp³-hybridized carbons (Fsp3) is 0.346. The van der Waals surface area contributed by atoms with Crippen LogP contribution in [0.15, 0.2) is 36.4 Å². The van der Waals surface area contributed by atoms with Gasteiger partial charge in [0.25, 0.3) is 0 Å². The molecule has 1 N–H and O–H groups in total. The van der Waals surface area contributed by atoms with Crippen molar-refractivity contribution in [2.24, 2.45) is 0 Å². The quantitative estimate of drug-likeness (QED) is 0.320. The molecule has 0 spiro atoms. The Balaban J connectivity index is 1.48. The van der Waals surface area contributed by atoms with Crippen LogP contribution in [-0.2, 0) is 38.6 Å². The van der Waals surface area contributed by atoms with Gasteiger partial charge in [-0.3, -0.25) is 23.9 Å². The molecule has 4 rings (SSSR count). The molecule has 1 saturated carbocycles. The van der Waals surface area contributed by atoms with E-state index in [2.05, 4.69) is 10.4 Å². The van der Waals surface area contributed by atoms with Crippen LogP contribution in [0.5, 0.6) is 0 Å². The van der Waals surface area contributed by atoms with Gasteiger partial charge in [-0.05, 0) is 36.6 Å². The third kappa shape index (κ3) is 6.14. The lowest BCUT2D eigenvalue weighted by Gasteiger charge is -2.22. The van der Waals surface area contributed by atoms with Crippen molar-refractivity contribution in [1.82, 2.24) is 20.0 Å². The Morgan fingerprint density at radius 3 is 2.65 bits per heavy atom. The van der Waals surface area contributed by atoms with Crippen LogP contribution in [0.4, 0.5) is 4.39 Å². The monoisotopic (exact) mass is 528 g/mol. The minimum absolute atomic E-state index is 0.0321. The van der Waals surface area contributed by atoms with Crippen LogP contribution in [0.2, 0.25) is 5.02 Å². The number of carbonyl (C=O) groups excluding carboxylic acids is 4. The summed E-state index contributed by atoms with van der Waals surface area (Å²) in [5.74, 6) is -2.05. The van der Waals surface area contributed by atoms with E-state index in [0.29, 0.717) is 16.5 Å². The number of nitrogens with one attached hydrogen (secondary N) is 1. The number of aromatic nitrogens is 2. The molecule has 3 aromatic rings. The summed E-state index contributed by atoms with van der Waals surface area (Å²) in [6.45, 7) is 0.961. The van der Waals surface area contributed by atoms with E-state index in [1.54, 1.807) is 24.3 Å². The molecule has 2 aromatic carbocycles. The van der Waals surface area contributed by atoms with Gasteiger partial charge in [-0.25, -0.2) is 4.39 Å². The topological polar surface area (TPSA) is 111 Å². The molecule has 1 aliphatic carbocycles. The third-order valence-corrected chi connectivity index (χ3v) is 6.43. The van der Waals surface area contributed by atoms with Crippen molar-refractivity contribution in [3.63, 3.8) is 0 Å². The Bertz CT molecular complexity index is 1380. The predicted octanol–water partition coefficient (Wildman–Crippen LogP) is 3.05. The van der Waals surface area contributed by atoms with E-state index in [1.165, 1.54) is 35.7 Å². The van der Waals surface area contributed by atoms with Crippen LogP contribution < -0.4 is 5.32 Å². The number of benzene rings is 2. The van der Waals surface area contributed by atoms with Gasteiger partial charge in [0.05, 0.1) is 30.6 Å². The lowest BCUT2D eigenvalue weighted by Crippen LogP contribution is -2.43. The highest BCUT2D eigenvalue weighted by Gasteiger charge is 2.34. The summed E-state index contributed by atoms with van der Waals surface area (Å²) in [7, 11) is 1.30. The number of nitrogens with zero attached hydrogens (tertiary/aromatic N) is 3. The van der Waals surface area contributed by atoms with Gasteiger partial charge < -0.3 is 15.0 Å². The van der Waals surface area contributed by atoms with E-state index in [1.807, 2.05) is 0 Å². The number of methoxy groups -OCH3 is 1. The van der Waals surface area contributed by atoms with Crippen LogP contribution in [0.1, 0.15) is 41.4 Å². The Morgan fingerprint density at radius 1 is 1.22 bits per heavy atom. The number of Topliss-reactive ketones (excluding diaryl/α,β-unsaturated/α-hetero) is 1. The molecule has 1 fully saturated rings. The maximum absolute atomic E-state index is 14.1. The van der Waals surface area contributed by atoms with Gasteiger partial charge in [-0.1, -0.05) is 29.8 Å². The Hall–Kier alpha value is -3.79. The molecule has 0 unspecified atom stereocenters. The number of hydrogen-bond donors (Lipinski definition) is 1. The maximum atomic E-state index is 14.1. The summed E-state index contributed by atoms with van der Waals surface area (Å²) in [6.07, 6.45) is 1.59. The van der Waals surface area contributed by atoms with Gasteiger partial charge in [-0.15, -0.1) is 0 Å². The summed E-state index contributed by atoms with van der Waals surface area (Å²) in [6, 6.07) is 9.58. The second-order valence-electron chi connectivity index (χ2n) is 8.91. The van der Waals surface area contributed by atoms with E-state index in [9.17, 15) is 23.6 Å². The number of amides is 2. The average molecular weight is 529 g/mol. The summed E-state index contributed by atoms with van der Waals surface area (Å²) >= 11 is 5.79. The largest absolute Gasteiger partial charge is 0.469 e. The van der Waals surface area contributed by atoms with Crippen molar-refractivity contribution >= 4 is 46.1 Å². The van der Waals surface area contributed by atoms with E-state index >= 15 is 0 Å². The molecular formula is C26H26ClFN4O5. The zero-order valence-corrected chi connectivity index (χ0v) is 21.2. The number of hydrogen-bond acceptors (Lipinski definition) is 6. The van der Waals surface area contributed by atoms with Crippen LogP contribution in [0, 0.1) is 5.82 Å². The SMILES string of the molecule is COC(=O)Cc1ccc2c(c1)c(C(C)=O)nn2CC(=O)N(CC(=O)NCc1cccc(Cl)c1F)C1CC1. The standard InChI is InChI=1S/C26H26ClFN4O5/c1-15(33)26-19-10-16(11-24(36)37-2)6-9-21(19)32(30-26)14-23(35)31(18-7-8-18)13-22(34)29-12-17-4-3-5-20(27)25(17)28/h3-6,9-10,18H,7-8,11-14H2,1-2H3,(H,29,34). The second-order valence-corrected chi connectivity index (χ2v) is 9.32. The number of fused-ring (bicyclic) bond motifs is 1. The fourth-order valence-corrected chi connectivity index (χ4v) is 4.27. The van der Waals surface area contributed by atoms with Crippen molar-refractivity contribution < 1.29 is 28.3 Å². The molecule has 0 atom stereocenters. The first kappa shape index (κ1) is 26.3. The first-order chi connectivity index (χ1) is 17.7. The summed E-state index contributed by atoms with van der Waals surface area (Å²) in [5, 5.41) is 7.49. The molecule has 0 saturated heterocycles. The summed E-state index contributed by atoms with van der Waals surface area (Å²) in [5.41, 5.74) is 1.65. The molecular weight excluding hydrogens is 503 g/mol. The molecule has 11 heteroatoms. The van der Waals surface area contributed by atoms with Crippen LogP contribution in [0.25, 0.3) is 10.9 Å². The van der Waals surface area contributed by atoms with Gasteiger partial charge in [-0.2, -0.15) is 5.10 Å².